The lowest BCUT2D eigenvalue weighted by Gasteiger charge is -2.23. The van der Waals surface area contributed by atoms with Crippen molar-refractivity contribution in [3.05, 3.63) is 70.0 Å². The summed E-state index contributed by atoms with van der Waals surface area (Å²) in [6, 6.07) is 11.5. The second-order valence-corrected chi connectivity index (χ2v) is 9.32. The summed E-state index contributed by atoms with van der Waals surface area (Å²) in [4.78, 5) is 30.7. The summed E-state index contributed by atoms with van der Waals surface area (Å²) in [5, 5.41) is 25.2. The molecule has 4 N–H and O–H groups in total. The maximum Gasteiger partial charge on any atom is 0.306 e. The number of esters is 1. The fraction of sp³-hybridized carbons (Fsp3) is 0.391. The van der Waals surface area contributed by atoms with Crippen LogP contribution in [0, 0.1) is 16.0 Å². The first-order valence-corrected chi connectivity index (χ1v) is 11.8. The zero-order valence-corrected chi connectivity index (χ0v) is 19.1. The van der Waals surface area contributed by atoms with E-state index in [9.17, 15) is 20.0 Å². The second kappa shape index (κ2) is 10.8. The van der Waals surface area contributed by atoms with Crippen LogP contribution in [-0.4, -0.2) is 46.6 Å². The molecule has 4 rings (SSSR count). The molecule has 1 aromatic carbocycles. The van der Waals surface area contributed by atoms with E-state index in [0.29, 0.717) is 12.8 Å². The Labute approximate surface area is 199 Å². The number of aryl methyl sites for hydroxylation is 1. The lowest BCUT2D eigenvalue weighted by Crippen LogP contribution is -2.32. The third-order valence-electron chi connectivity index (χ3n) is 5.81. The Morgan fingerprint density at radius 1 is 1.35 bits per heavy atom. The summed E-state index contributed by atoms with van der Waals surface area (Å²) < 4.78 is 6.35. The van der Waals surface area contributed by atoms with Crippen molar-refractivity contribution >= 4 is 32.4 Å². The molecule has 34 heavy (non-hydrogen) atoms. The number of pyridine rings is 1. The molecule has 2 aromatic heterocycles. The normalized spacial score (nSPS) is 18.8. The van der Waals surface area contributed by atoms with Crippen LogP contribution in [0.5, 0.6) is 0 Å². The Morgan fingerprint density at radius 2 is 2.15 bits per heavy atom. The number of nitrogens with two attached hydrogens (primary N) is 1. The zero-order chi connectivity index (χ0) is 24.1. The number of aliphatic hydroxyl groups is 1. The van der Waals surface area contributed by atoms with Crippen LogP contribution < -0.4 is 11.1 Å². The fourth-order valence-electron chi connectivity index (χ4n) is 3.75. The van der Waals surface area contributed by atoms with E-state index in [4.69, 9.17) is 10.5 Å². The largest absolute Gasteiger partial charge is 0.462 e. The van der Waals surface area contributed by atoms with Crippen LogP contribution in [0.4, 0.5) is 5.00 Å². The van der Waals surface area contributed by atoms with Crippen molar-refractivity contribution in [2.75, 3.05) is 18.5 Å². The van der Waals surface area contributed by atoms with Gasteiger partial charge in [0.1, 0.15) is 18.9 Å². The minimum absolute atomic E-state index is 0.0461. The van der Waals surface area contributed by atoms with E-state index in [1.165, 1.54) is 11.3 Å². The van der Waals surface area contributed by atoms with Crippen molar-refractivity contribution in [3.63, 3.8) is 0 Å². The van der Waals surface area contributed by atoms with Gasteiger partial charge in [0, 0.05) is 37.2 Å². The zero-order valence-electron chi connectivity index (χ0n) is 18.3. The Hall–Kier alpha value is -3.28. The van der Waals surface area contributed by atoms with Gasteiger partial charge in [-0.05, 0) is 41.5 Å². The molecule has 0 spiro atoms. The van der Waals surface area contributed by atoms with E-state index in [1.54, 1.807) is 12.4 Å². The van der Waals surface area contributed by atoms with Crippen LogP contribution >= 0.6 is 11.3 Å². The molecule has 10 nitrogen and oxygen atoms in total. The number of nitrogens with zero attached hydrogens (tertiary/aromatic N) is 2. The standard InChI is InChI=1S/C23H26N4O6S/c24-11-18(23(29)26-21-10-16-7-8-25-12-20(16)34-21)15-4-1-14(2-5-15)3-6-22(28)33-19-9-17(19)13-32-27(30)31/h1-2,4-5,7-8,10,12,17-19,23,26,29H,3,6,9,11,13,24H2/t17-,18+,19-,23-/m0/s1. The maximum atomic E-state index is 12.0. The van der Waals surface area contributed by atoms with Gasteiger partial charge in [0.25, 0.3) is 5.09 Å². The van der Waals surface area contributed by atoms with Crippen LogP contribution in [0.25, 0.3) is 10.1 Å². The third kappa shape index (κ3) is 6.19. The summed E-state index contributed by atoms with van der Waals surface area (Å²) in [5.74, 6) is -0.752. The molecular weight excluding hydrogens is 460 g/mol. The smallest absolute Gasteiger partial charge is 0.306 e. The van der Waals surface area contributed by atoms with E-state index in [-0.39, 0.29) is 43.5 Å². The number of ether oxygens (including phenoxy) is 1. The number of fused-ring (bicyclic) bond motifs is 1. The Kier molecular flexibility index (Phi) is 7.56. The number of nitrogens with one attached hydrogen (secondary N) is 1. The fourth-order valence-corrected chi connectivity index (χ4v) is 4.71. The van der Waals surface area contributed by atoms with E-state index in [2.05, 4.69) is 15.1 Å². The van der Waals surface area contributed by atoms with Crippen molar-refractivity contribution < 1.29 is 24.6 Å². The van der Waals surface area contributed by atoms with Crippen molar-refractivity contribution in [3.8, 4) is 0 Å². The van der Waals surface area contributed by atoms with Crippen LogP contribution in [0.15, 0.2) is 48.8 Å². The first kappa shape index (κ1) is 23.9. The molecule has 0 bridgehead atoms. The number of carbonyl (C=O) groups excluding carboxylic acids is 1. The highest BCUT2D eigenvalue weighted by Crippen LogP contribution is 2.34. The van der Waals surface area contributed by atoms with Crippen LogP contribution in [-0.2, 0) is 20.8 Å². The number of hydrogen-bond donors (Lipinski definition) is 3. The number of carbonyl (C=O) groups is 1. The molecule has 1 aliphatic carbocycles. The average Bonchev–Trinajstić information content (AvgIpc) is 3.42. The Morgan fingerprint density at radius 3 is 2.85 bits per heavy atom. The van der Waals surface area contributed by atoms with Gasteiger partial charge >= 0.3 is 5.97 Å². The predicted molar refractivity (Wildman–Crippen MR) is 127 cm³/mol. The average molecular weight is 487 g/mol. The molecule has 0 radical (unpaired) electrons. The minimum atomic E-state index is -0.863. The van der Waals surface area contributed by atoms with E-state index in [1.807, 2.05) is 36.4 Å². The van der Waals surface area contributed by atoms with Gasteiger partial charge in [0.05, 0.1) is 9.70 Å². The Balaban J connectivity index is 1.26. The highest BCUT2D eigenvalue weighted by molar-refractivity contribution is 7.22. The summed E-state index contributed by atoms with van der Waals surface area (Å²) in [5.41, 5.74) is 7.81. The molecule has 0 amide bonds. The van der Waals surface area contributed by atoms with Crippen LogP contribution in [0.2, 0.25) is 0 Å². The van der Waals surface area contributed by atoms with E-state index < -0.39 is 11.3 Å². The number of aromatic nitrogens is 1. The first-order chi connectivity index (χ1) is 16.4. The van der Waals surface area contributed by atoms with Gasteiger partial charge in [-0.3, -0.25) is 9.78 Å². The topological polar surface area (TPSA) is 150 Å². The molecule has 11 heteroatoms. The minimum Gasteiger partial charge on any atom is -0.462 e. The monoisotopic (exact) mass is 486 g/mol. The molecule has 0 aliphatic heterocycles. The number of hydrogen-bond acceptors (Lipinski definition) is 10. The summed E-state index contributed by atoms with van der Waals surface area (Å²) in [6.45, 7) is 0.213. The molecule has 3 aromatic rings. The molecule has 0 saturated heterocycles. The molecule has 4 atom stereocenters. The molecule has 1 aliphatic rings. The lowest BCUT2D eigenvalue weighted by atomic mass is 9.95. The van der Waals surface area contributed by atoms with Gasteiger partial charge < -0.3 is 25.7 Å². The summed E-state index contributed by atoms with van der Waals surface area (Å²) in [6.07, 6.45) is 3.67. The van der Waals surface area contributed by atoms with Gasteiger partial charge in [-0.15, -0.1) is 21.5 Å². The molecule has 0 unspecified atom stereocenters. The summed E-state index contributed by atoms with van der Waals surface area (Å²) in [7, 11) is 0. The number of aliphatic hydroxyl groups excluding tert-OH is 1. The maximum absolute atomic E-state index is 12.0. The molecule has 180 valence electrons. The van der Waals surface area contributed by atoms with Gasteiger partial charge in [0.15, 0.2) is 0 Å². The molecular formula is C23H26N4O6S. The predicted octanol–water partition coefficient (Wildman–Crippen LogP) is 2.84. The van der Waals surface area contributed by atoms with Crippen molar-refractivity contribution in [2.45, 2.75) is 37.5 Å². The quantitative estimate of drug-likeness (QED) is 0.152. The SMILES string of the molecule is NC[C@H](c1ccc(CCC(=O)O[C@H]2C[C@H]2CO[N+](=O)[O-])cc1)[C@H](O)Nc1cc2ccncc2s1. The number of anilines is 1. The highest BCUT2D eigenvalue weighted by Gasteiger charge is 2.41. The first-order valence-electron chi connectivity index (χ1n) is 11.0. The van der Waals surface area contributed by atoms with Crippen LogP contribution in [0.1, 0.15) is 29.9 Å². The lowest BCUT2D eigenvalue weighted by molar-refractivity contribution is -0.758. The molecule has 1 saturated carbocycles. The van der Waals surface area contributed by atoms with Crippen molar-refractivity contribution in [1.29, 1.82) is 0 Å². The molecule has 2 heterocycles. The van der Waals surface area contributed by atoms with Crippen LogP contribution in [0.3, 0.4) is 0 Å². The Bertz CT molecular complexity index is 1100. The van der Waals surface area contributed by atoms with Crippen molar-refractivity contribution in [2.24, 2.45) is 11.7 Å². The number of benzene rings is 1. The van der Waals surface area contributed by atoms with Gasteiger partial charge in [0.2, 0.25) is 0 Å². The van der Waals surface area contributed by atoms with Gasteiger partial charge in [-0.25, -0.2) is 0 Å². The highest BCUT2D eigenvalue weighted by atomic mass is 32.1. The number of rotatable bonds is 12. The molecule has 1 fully saturated rings. The van der Waals surface area contributed by atoms with Gasteiger partial charge in [-0.1, -0.05) is 24.3 Å². The second-order valence-electron chi connectivity index (χ2n) is 8.24. The summed E-state index contributed by atoms with van der Waals surface area (Å²) >= 11 is 1.52. The van der Waals surface area contributed by atoms with E-state index in [0.717, 1.165) is 26.2 Å². The third-order valence-corrected chi connectivity index (χ3v) is 6.83. The van der Waals surface area contributed by atoms with E-state index >= 15 is 0 Å². The van der Waals surface area contributed by atoms with Crippen molar-refractivity contribution in [1.82, 2.24) is 4.98 Å². The number of thiophene rings is 1. The van der Waals surface area contributed by atoms with Gasteiger partial charge in [-0.2, -0.15) is 0 Å².